The Morgan fingerprint density at radius 3 is 2.08 bits per heavy atom. The van der Waals surface area contributed by atoms with Crippen LogP contribution in [-0.2, 0) is 0 Å². The van der Waals surface area contributed by atoms with Crippen LogP contribution < -0.4 is 0 Å². The fraction of sp³-hybridized carbons (Fsp3) is 0.417. The fourth-order valence-corrected chi connectivity index (χ4v) is 4.12. The zero-order valence-corrected chi connectivity index (χ0v) is 15.6. The molecule has 0 spiro atoms. The quantitative estimate of drug-likeness (QED) is 0.528. The summed E-state index contributed by atoms with van der Waals surface area (Å²) in [6.45, 7) is 8.80. The summed E-state index contributed by atoms with van der Waals surface area (Å²) < 4.78 is 0. The van der Waals surface area contributed by atoms with Gasteiger partial charge in [-0.2, -0.15) is 0 Å². The summed E-state index contributed by atoms with van der Waals surface area (Å²) in [4.78, 5) is 0. The maximum atomic E-state index is 2.39. The van der Waals surface area contributed by atoms with Crippen LogP contribution in [0.2, 0.25) is 0 Å². The van der Waals surface area contributed by atoms with E-state index < -0.39 is 0 Å². The molecule has 0 heteroatoms. The third-order valence-electron chi connectivity index (χ3n) is 5.99. The summed E-state index contributed by atoms with van der Waals surface area (Å²) in [6.07, 6.45) is 9.95. The van der Waals surface area contributed by atoms with Crippen LogP contribution in [0.15, 0.2) is 48.6 Å². The van der Waals surface area contributed by atoms with Crippen LogP contribution in [0.5, 0.6) is 0 Å². The minimum absolute atomic E-state index is 0.751. The van der Waals surface area contributed by atoms with Crippen molar-refractivity contribution in [2.24, 2.45) is 5.92 Å². The Labute approximate surface area is 147 Å². The minimum Gasteiger partial charge on any atom is -0.0914 e. The van der Waals surface area contributed by atoms with Gasteiger partial charge in [-0.15, -0.1) is 0 Å². The largest absolute Gasteiger partial charge is 0.0914 e. The summed E-state index contributed by atoms with van der Waals surface area (Å²) in [5, 5.41) is 0. The maximum Gasteiger partial charge on any atom is -0.0152 e. The number of allylic oxidation sites excluding steroid dienone is 2. The Bertz CT molecular complexity index is 710. The van der Waals surface area contributed by atoms with Crippen molar-refractivity contribution in [3.8, 4) is 11.1 Å². The van der Waals surface area contributed by atoms with E-state index in [1.54, 1.807) is 0 Å². The monoisotopic (exact) mass is 318 g/mol. The third-order valence-corrected chi connectivity index (χ3v) is 5.99. The molecule has 0 saturated heterocycles. The van der Waals surface area contributed by atoms with Crippen molar-refractivity contribution in [1.82, 2.24) is 0 Å². The van der Waals surface area contributed by atoms with Crippen molar-refractivity contribution in [1.29, 1.82) is 0 Å². The molecule has 1 aliphatic carbocycles. The van der Waals surface area contributed by atoms with Gasteiger partial charge in [-0.25, -0.2) is 0 Å². The smallest absolute Gasteiger partial charge is 0.0152 e. The Kier molecular flexibility index (Phi) is 5.23. The second-order valence-electron chi connectivity index (χ2n) is 7.44. The van der Waals surface area contributed by atoms with E-state index >= 15 is 0 Å². The SMILES string of the molecule is C/C=C/C1CCC(c2ccc(-c3ccc(C)c(C)c3C)cc2)CC1. The van der Waals surface area contributed by atoms with Crippen molar-refractivity contribution in [3.05, 3.63) is 70.8 Å². The number of hydrogen-bond donors (Lipinski definition) is 0. The molecule has 126 valence electrons. The molecule has 0 radical (unpaired) electrons. The van der Waals surface area contributed by atoms with Crippen LogP contribution in [0.1, 0.15) is 60.8 Å². The van der Waals surface area contributed by atoms with E-state index in [0.29, 0.717) is 0 Å². The first-order valence-corrected chi connectivity index (χ1v) is 9.40. The molecule has 0 heterocycles. The first-order valence-electron chi connectivity index (χ1n) is 9.40. The average molecular weight is 319 g/mol. The molecular formula is C24H30. The predicted molar refractivity (Wildman–Crippen MR) is 106 cm³/mol. The van der Waals surface area contributed by atoms with Gasteiger partial charge in [-0.1, -0.05) is 48.6 Å². The van der Waals surface area contributed by atoms with Crippen LogP contribution in [0, 0.1) is 26.7 Å². The average Bonchev–Trinajstić information content (AvgIpc) is 2.61. The molecule has 0 bridgehead atoms. The van der Waals surface area contributed by atoms with Gasteiger partial charge in [0.1, 0.15) is 0 Å². The fourth-order valence-electron chi connectivity index (χ4n) is 4.12. The molecule has 1 aliphatic rings. The lowest BCUT2D eigenvalue weighted by Crippen LogP contribution is -2.11. The second-order valence-corrected chi connectivity index (χ2v) is 7.44. The Morgan fingerprint density at radius 1 is 0.792 bits per heavy atom. The summed E-state index contributed by atoms with van der Waals surface area (Å²) in [7, 11) is 0. The molecule has 1 saturated carbocycles. The molecule has 0 N–H and O–H groups in total. The molecule has 1 fully saturated rings. The van der Waals surface area contributed by atoms with Crippen molar-refractivity contribution in [3.63, 3.8) is 0 Å². The molecule has 0 nitrogen and oxygen atoms in total. The van der Waals surface area contributed by atoms with Gasteiger partial charge in [-0.3, -0.25) is 0 Å². The van der Waals surface area contributed by atoms with Crippen molar-refractivity contribution in [2.45, 2.75) is 59.3 Å². The van der Waals surface area contributed by atoms with E-state index in [4.69, 9.17) is 0 Å². The molecule has 0 aromatic heterocycles. The highest BCUT2D eigenvalue weighted by Crippen LogP contribution is 2.37. The maximum absolute atomic E-state index is 2.39. The number of aryl methyl sites for hydroxylation is 1. The van der Waals surface area contributed by atoms with Gasteiger partial charge in [0.15, 0.2) is 0 Å². The van der Waals surface area contributed by atoms with Gasteiger partial charge in [0.05, 0.1) is 0 Å². The van der Waals surface area contributed by atoms with E-state index in [9.17, 15) is 0 Å². The predicted octanol–water partition coefficient (Wildman–Crippen LogP) is 7.13. The lowest BCUT2D eigenvalue weighted by Gasteiger charge is -2.27. The van der Waals surface area contributed by atoms with E-state index in [2.05, 4.69) is 76.2 Å². The highest BCUT2D eigenvalue weighted by atomic mass is 14.3. The highest BCUT2D eigenvalue weighted by Gasteiger charge is 2.20. The highest BCUT2D eigenvalue weighted by molar-refractivity contribution is 5.69. The number of benzene rings is 2. The van der Waals surface area contributed by atoms with E-state index in [-0.39, 0.29) is 0 Å². The van der Waals surface area contributed by atoms with Gasteiger partial charge in [-0.05, 0) is 98.6 Å². The summed E-state index contributed by atoms with van der Waals surface area (Å²) in [5.41, 5.74) is 8.46. The number of rotatable bonds is 3. The molecule has 2 aromatic rings. The van der Waals surface area contributed by atoms with Gasteiger partial charge in [0.2, 0.25) is 0 Å². The van der Waals surface area contributed by atoms with Crippen LogP contribution in [0.3, 0.4) is 0 Å². The Morgan fingerprint density at radius 2 is 1.46 bits per heavy atom. The molecule has 2 aromatic carbocycles. The van der Waals surface area contributed by atoms with E-state index in [1.807, 2.05) is 0 Å². The zero-order valence-electron chi connectivity index (χ0n) is 15.6. The molecule has 24 heavy (non-hydrogen) atoms. The van der Waals surface area contributed by atoms with Crippen LogP contribution in [-0.4, -0.2) is 0 Å². The van der Waals surface area contributed by atoms with Gasteiger partial charge < -0.3 is 0 Å². The van der Waals surface area contributed by atoms with Crippen molar-refractivity contribution < 1.29 is 0 Å². The molecule has 0 amide bonds. The van der Waals surface area contributed by atoms with Crippen LogP contribution >= 0.6 is 0 Å². The number of hydrogen-bond acceptors (Lipinski definition) is 0. The van der Waals surface area contributed by atoms with Crippen molar-refractivity contribution in [2.75, 3.05) is 0 Å². The third kappa shape index (κ3) is 3.48. The minimum atomic E-state index is 0.751. The molecular weight excluding hydrogens is 288 g/mol. The van der Waals surface area contributed by atoms with E-state index in [0.717, 1.165) is 11.8 Å². The summed E-state index contributed by atoms with van der Waals surface area (Å²) in [6, 6.07) is 13.9. The van der Waals surface area contributed by atoms with Crippen LogP contribution in [0.4, 0.5) is 0 Å². The summed E-state index contributed by atoms with van der Waals surface area (Å²) in [5.74, 6) is 1.56. The standard InChI is InChI=1S/C24H30/c1-5-6-20-8-10-21(11-9-20)22-12-14-23(15-13-22)24-16-7-17(2)18(3)19(24)4/h5-7,12-16,20-21H,8-11H2,1-4H3/b6-5+. The first-order chi connectivity index (χ1) is 11.6. The molecule has 0 unspecified atom stereocenters. The second kappa shape index (κ2) is 7.38. The Hall–Kier alpha value is -1.82. The molecule has 3 rings (SSSR count). The lowest BCUT2D eigenvalue weighted by atomic mass is 9.78. The van der Waals surface area contributed by atoms with E-state index in [1.165, 1.54) is 59.1 Å². The van der Waals surface area contributed by atoms with Crippen molar-refractivity contribution >= 4 is 0 Å². The normalized spacial score (nSPS) is 21.3. The summed E-state index contributed by atoms with van der Waals surface area (Å²) >= 11 is 0. The first kappa shape index (κ1) is 17.0. The molecule has 0 aliphatic heterocycles. The topological polar surface area (TPSA) is 0 Å². The molecule has 0 atom stereocenters. The Balaban J connectivity index is 1.76. The van der Waals surface area contributed by atoms with Gasteiger partial charge in [0.25, 0.3) is 0 Å². The van der Waals surface area contributed by atoms with Crippen LogP contribution in [0.25, 0.3) is 11.1 Å². The zero-order chi connectivity index (χ0) is 17.1. The van der Waals surface area contributed by atoms with Gasteiger partial charge >= 0.3 is 0 Å². The lowest BCUT2D eigenvalue weighted by molar-refractivity contribution is 0.376. The van der Waals surface area contributed by atoms with Gasteiger partial charge in [0, 0.05) is 0 Å².